The van der Waals surface area contributed by atoms with Crippen LogP contribution in [0.15, 0.2) is 40.9 Å². The number of likely N-dealkylation sites (tertiary alicyclic amines) is 2. The highest BCUT2D eigenvalue weighted by atomic mass is 79.9. The second kappa shape index (κ2) is 12.7. The van der Waals surface area contributed by atoms with Crippen molar-refractivity contribution in [3.8, 4) is 0 Å². The molecule has 3 aliphatic rings. The van der Waals surface area contributed by atoms with Crippen molar-refractivity contribution in [1.82, 2.24) is 14.7 Å². The molecule has 10 heteroatoms. The zero-order chi connectivity index (χ0) is 30.9. The lowest BCUT2D eigenvalue weighted by Crippen LogP contribution is -2.80. The molecule has 3 amide bonds. The third-order valence-corrected chi connectivity index (χ3v) is 11.5. The fraction of sp³-hybridized carbons (Fsp3) is 0.545. The highest BCUT2D eigenvalue weighted by Crippen LogP contribution is 2.45. The molecule has 0 spiro atoms. The van der Waals surface area contributed by atoms with Gasteiger partial charge < -0.3 is 29.8 Å². The van der Waals surface area contributed by atoms with E-state index >= 15 is 0 Å². The van der Waals surface area contributed by atoms with Gasteiger partial charge >= 0.3 is 6.03 Å². The molecule has 232 valence electrons. The molecule has 9 nitrogen and oxygen atoms in total. The number of carboxylic acid groups (broad SMARTS) is 1. The van der Waals surface area contributed by atoms with Crippen LogP contribution < -0.4 is 10.4 Å². The average molecular weight is 655 g/mol. The number of quaternary nitrogens is 1. The molecule has 43 heavy (non-hydrogen) atoms. The molecule has 2 aromatic rings. The van der Waals surface area contributed by atoms with Crippen molar-refractivity contribution < 1.29 is 24.0 Å². The van der Waals surface area contributed by atoms with Crippen LogP contribution in [0.3, 0.4) is 0 Å². The first-order valence-electron chi connectivity index (χ1n) is 15.4. The summed E-state index contributed by atoms with van der Waals surface area (Å²) in [5.41, 5.74) is 3.82. The van der Waals surface area contributed by atoms with Gasteiger partial charge in [0.1, 0.15) is 12.8 Å². The second-order valence-corrected chi connectivity index (χ2v) is 13.7. The maximum atomic E-state index is 13.6. The Bertz CT molecular complexity index is 1350. The summed E-state index contributed by atoms with van der Waals surface area (Å²) in [6.07, 6.45) is 3.11. The highest BCUT2D eigenvalue weighted by molar-refractivity contribution is 9.10. The van der Waals surface area contributed by atoms with Crippen LogP contribution in [-0.2, 0) is 17.8 Å². The maximum Gasteiger partial charge on any atom is 0.322 e. The summed E-state index contributed by atoms with van der Waals surface area (Å²) in [4.78, 5) is 46.2. The second-order valence-electron chi connectivity index (χ2n) is 12.9. The summed E-state index contributed by atoms with van der Waals surface area (Å²) in [6.45, 7) is 6.37. The molecule has 0 saturated carbocycles. The summed E-state index contributed by atoms with van der Waals surface area (Å²) in [5.74, 6) is 0. The smallest absolute Gasteiger partial charge is 0.322 e. The number of urea groups is 1. The van der Waals surface area contributed by atoms with E-state index in [1.54, 1.807) is 0 Å². The van der Waals surface area contributed by atoms with Crippen LogP contribution in [0.1, 0.15) is 54.4 Å². The molecule has 5 rings (SSSR count). The molecule has 2 saturated heterocycles. The molecule has 0 bridgehead atoms. The lowest BCUT2D eigenvalue weighted by atomic mass is 9.81. The molecule has 1 N–H and O–H groups in total. The standard InChI is InChI=1S/C33H44BrN5O4/c1-23-19-25(20-24(2)30(23)34)22-39(32(42)43)17-12-28(38-16-9-26-7-5-6-8-29(26)35-31(38)41)21-33(39,13-18-40)37-14-10-27(11-15-37)36(3)4/h5-8,18-20,27-28H,9-17,21-22H2,1-4H3,(H-,35,41,42,43)/t28?,33?,39-/m0/s1. The van der Waals surface area contributed by atoms with Crippen molar-refractivity contribution in [3.63, 3.8) is 0 Å². The molecule has 2 aromatic carbocycles. The predicted octanol–water partition coefficient (Wildman–Crippen LogP) is 4.29. The fourth-order valence-electron chi connectivity index (χ4n) is 7.95. The van der Waals surface area contributed by atoms with Gasteiger partial charge in [-0.05, 0) is 82.1 Å². The minimum atomic E-state index is -1.17. The molecule has 0 aromatic heterocycles. The fourth-order valence-corrected chi connectivity index (χ4v) is 8.17. The normalized spacial score (nSPS) is 27.0. The molecule has 0 radical (unpaired) electrons. The van der Waals surface area contributed by atoms with Crippen LogP contribution in [-0.4, -0.2) is 95.6 Å². The van der Waals surface area contributed by atoms with E-state index in [1.807, 2.05) is 55.1 Å². The number of para-hydroxylation sites is 1. The Labute approximate surface area is 263 Å². The number of anilines is 1. The topological polar surface area (TPSA) is 96.0 Å². The first-order chi connectivity index (χ1) is 20.5. The van der Waals surface area contributed by atoms with Crippen LogP contribution in [0.2, 0.25) is 0 Å². The number of hydrogen-bond acceptors (Lipinski definition) is 6. The van der Waals surface area contributed by atoms with E-state index in [4.69, 9.17) is 0 Å². The number of hydrogen-bond donors (Lipinski definition) is 1. The lowest BCUT2D eigenvalue weighted by molar-refractivity contribution is -0.956. The third-order valence-electron chi connectivity index (χ3n) is 10.3. The number of piperidine rings is 2. The molecular formula is C33H44BrN5O4. The van der Waals surface area contributed by atoms with Crippen molar-refractivity contribution in [2.45, 2.75) is 76.7 Å². The van der Waals surface area contributed by atoms with Crippen molar-refractivity contribution in [1.29, 1.82) is 0 Å². The number of amides is 3. The van der Waals surface area contributed by atoms with Gasteiger partial charge in [0.2, 0.25) is 0 Å². The maximum absolute atomic E-state index is 13.6. The minimum Gasteiger partial charge on any atom is -0.498 e. The predicted molar refractivity (Wildman–Crippen MR) is 168 cm³/mol. The SMILES string of the molecule is Cc1cc(C[N@+]2(C(=O)[O-])CCC(N3CCc4ccccc4NC3=O)CC2(CC=O)N2CCC(N(C)C)CC2)cc(C)c1Br. The number of aryl methyl sites for hydroxylation is 2. The Hall–Kier alpha value is -2.79. The van der Waals surface area contributed by atoms with Crippen molar-refractivity contribution in [2.75, 3.05) is 45.6 Å². The quantitative estimate of drug-likeness (QED) is 0.354. The molecule has 0 aliphatic carbocycles. The summed E-state index contributed by atoms with van der Waals surface area (Å²) >= 11 is 3.65. The number of carbonyl (C=O) groups excluding carboxylic acids is 3. The molecule has 3 aliphatic heterocycles. The summed E-state index contributed by atoms with van der Waals surface area (Å²) in [6, 6.07) is 11.9. The van der Waals surface area contributed by atoms with Gasteiger partial charge in [-0.25, -0.2) is 4.79 Å². The van der Waals surface area contributed by atoms with Gasteiger partial charge in [-0.1, -0.05) is 34.1 Å². The number of benzene rings is 2. The number of halogens is 1. The van der Waals surface area contributed by atoms with Crippen LogP contribution in [0.25, 0.3) is 0 Å². The van der Waals surface area contributed by atoms with E-state index < -0.39 is 11.8 Å². The van der Waals surface area contributed by atoms with Crippen molar-refractivity contribution >= 4 is 40.0 Å². The highest BCUT2D eigenvalue weighted by Gasteiger charge is 2.61. The first kappa shape index (κ1) is 31.6. The van der Waals surface area contributed by atoms with E-state index in [0.717, 1.165) is 51.5 Å². The van der Waals surface area contributed by atoms with Crippen molar-refractivity contribution in [3.05, 3.63) is 63.1 Å². The largest absolute Gasteiger partial charge is 0.498 e. The number of aldehydes is 1. The van der Waals surface area contributed by atoms with E-state index in [1.165, 1.54) is 0 Å². The zero-order valence-electron chi connectivity index (χ0n) is 25.8. The summed E-state index contributed by atoms with van der Waals surface area (Å²) in [7, 11) is 4.15. The van der Waals surface area contributed by atoms with E-state index in [9.17, 15) is 19.5 Å². The van der Waals surface area contributed by atoms with Gasteiger partial charge in [-0.2, -0.15) is 0 Å². The summed E-state index contributed by atoms with van der Waals surface area (Å²) < 4.78 is 0.651. The van der Waals surface area contributed by atoms with Crippen molar-refractivity contribution in [2.24, 2.45) is 0 Å². The monoisotopic (exact) mass is 653 g/mol. The molecular weight excluding hydrogens is 610 g/mol. The van der Waals surface area contributed by atoms with E-state index in [-0.39, 0.29) is 36.1 Å². The average Bonchev–Trinajstić information content (AvgIpc) is 3.14. The Kier molecular flexibility index (Phi) is 9.32. The van der Waals surface area contributed by atoms with Gasteiger partial charge in [-0.15, -0.1) is 0 Å². The summed E-state index contributed by atoms with van der Waals surface area (Å²) in [5, 5.41) is 16.7. The molecule has 2 unspecified atom stereocenters. The number of carbonyl (C=O) groups is 3. The number of fused-ring (bicyclic) bond motifs is 1. The van der Waals surface area contributed by atoms with Crippen LogP contribution in [0, 0.1) is 13.8 Å². The number of nitrogens with one attached hydrogen (secondary N) is 1. The van der Waals surface area contributed by atoms with Gasteiger partial charge in [0.15, 0.2) is 5.66 Å². The Balaban J connectivity index is 1.56. The first-order valence-corrected chi connectivity index (χ1v) is 16.2. The Morgan fingerprint density at radius 2 is 1.81 bits per heavy atom. The van der Waals surface area contributed by atoms with E-state index in [2.05, 4.69) is 45.1 Å². The zero-order valence-corrected chi connectivity index (χ0v) is 27.4. The molecule has 3 atom stereocenters. The van der Waals surface area contributed by atoms with Crippen LogP contribution >= 0.6 is 15.9 Å². The Morgan fingerprint density at radius 3 is 2.44 bits per heavy atom. The van der Waals surface area contributed by atoms with Gasteiger partial charge in [0, 0.05) is 60.3 Å². The Morgan fingerprint density at radius 1 is 1.14 bits per heavy atom. The number of nitrogens with zero attached hydrogens (tertiary/aromatic N) is 4. The third kappa shape index (κ3) is 5.87. The van der Waals surface area contributed by atoms with Crippen LogP contribution in [0.4, 0.5) is 15.3 Å². The van der Waals surface area contributed by atoms with Crippen LogP contribution in [0.5, 0.6) is 0 Å². The lowest BCUT2D eigenvalue weighted by Gasteiger charge is -2.61. The van der Waals surface area contributed by atoms with E-state index in [0.29, 0.717) is 44.9 Å². The van der Waals surface area contributed by atoms with Gasteiger partial charge in [-0.3, -0.25) is 9.38 Å². The minimum absolute atomic E-state index is 0.0499. The molecule has 3 heterocycles. The van der Waals surface area contributed by atoms with Gasteiger partial charge in [0.25, 0.3) is 6.09 Å². The number of rotatable bonds is 7. The molecule has 2 fully saturated rings. The van der Waals surface area contributed by atoms with Gasteiger partial charge in [0.05, 0.1) is 13.0 Å².